The Balaban J connectivity index is 2.25. The quantitative estimate of drug-likeness (QED) is 0.404. The summed E-state index contributed by atoms with van der Waals surface area (Å²) >= 11 is 0. The molecule has 0 fully saturated rings. The summed E-state index contributed by atoms with van der Waals surface area (Å²) in [6, 6.07) is 14.3. The third-order valence-electron chi connectivity index (χ3n) is 3.94. The first-order valence-electron chi connectivity index (χ1n) is 6.81. The zero-order valence-corrected chi connectivity index (χ0v) is 11.1. The van der Waals surface area contributed by atoms with Crippen molar-refractivity contribution in [2.75, 3.05) is 0 Å². The van der Waals surface area contributed by atoms with Crippen LogP contribution in [0.15, 0.2) is 61.1 Å². The van der Waals surface area contributed by atoms with Gasteiger partial charge in [-0.2, -0.15) is 5.10 Å². The molecule has 0 aliphatic carbocycles. The van der Waals surface area contributed by atoms with E-state index in [9.17, 15) is 0 Å². The highest BCUT2D eigenvalue weighted by atomic mass is 15.2. The van der Waals surface area contributed by atoms with E-state index in [2.05, 4.69) is 39.3 Å². The van der Waals surface area contributed by atoms with E-state index in [-0.39, 0.29) is 0 Å². The van der Waals surface area contributed by atoms with Crippen molar-refractivity contribution in [3.63, 3.8) is 0 Å². The normalized spacial score (nSPS) is 11.8. The fourth-order valence-corrected chi connectivity index (χ4v) is 3.04. The van der Waals surface area contributed by atoms with E-state index in [1.165, 1.54) is 5.39 Å². The van der Waals surface area contributed by atoms with E-state index in [0.29, 0.717) is 0 Å². The molecule has 5 rings (SSSR count). The molecule has 0 aliphatic rings. The molecule has 4 nitrogen and oxygen atoms in total. The van der Waals surface area contributed by atoms with Crippen LogP contribution in [0.4, 0.5) is 0 Å². The average molecular weight is 270 g/mol. The van der Waals surface area contributed by atoms with Gasteiger partial charge in [0.1, 0.15) is 0 Å². The van der Waals surface area contributed by atoms with Gasteiger partial charge in [0, 0.05) is 28.6 Å². The highest BCUT2D eigenvalue weighted by Gasteiger charge is 2.12. The fourth-order valence-electron chi connectivity index (χ4n) is 3.04. The first-order chi connectivity index (χ1) is 10.4. The number of benzene rings is 1. The van der Waals surface area contributed by atoms with Crippen LogP contribution >= 0.6 is 0 Å². The second-order valence-corrected chi connectivity index (χ2v) is 5.07. The molecule has 0 spiro atoms. The van der Waals surface area contributed by atoms with Gasteiger partial charge in [-0.05, 0) is 17.5 Å². The smallest absolute Gasteiger partial charge is 0.162 e. The van der Waals surface area contributed by atoms with E-state index in [1.54, 1.807) is 6.20 Å². The monoisotopic (exact) mass is 270 g/mol. The van der Waals surface area contributed by atoms with E-state index >= 15 is 0 Å². The number of aromatic nitrogens is 4. The van der Waals surface area contributed by atoms with Crippen molar-refractivity contribution in [1.82, 2.24) is 19.6 Å². The maximum Gasteiger partial charge on any atom is 0.162 e. The predicted octanol–water partition coefficient (Wildman–Crippen LogP) is 3.58. The summed E-state index contributed by atoms with van der Waals surface area (Å²) in [5.41, 5.74) is 2.82. The van der Waals surface area contributed by atoms with Crippen LogP contribution in [0, 0.1) is 0 Å². The van der Waals surface area contributed by atoms with Crippen molar-refractivity contribution < 1.29 is 0 Å². The number of pyridine rings is 3. The average Bonchev–Trinajstić information content (AvgIpc) is 3.04. The standard InChI is InChI=1S/C17H10N4/c1-2-5-12-11(4-1)10-19-17-15(12)13-6-3-8-18-16(13)14-7-9-20-21(14)17/h1-10H. The number of hydrogen-bond acceptors (Lipinski definition) is 3. The lowest BCUT2D eigenvalue weighted by Crippen LogP contribution is -1.96. The molecule has 5 aromatic rings. The minimum Gasteiger partial charge on any atom is -0.254 e. The van der Waals surface area contributed by atoms with Gasteiger partial charge in [-0.15, -0.1) is 0 Å². The van der Waals surface area contributed by atoms with E-state index < -0.39 is 0 Å². The summed E-state index contributed by atoms with van der Waals surface area (Å²) in [4.78, 5) is 9.18. The van der Waals surface area contributed by atoms with Crippen LogP contribution in [0.5, 0.6) is 0 Å². The van der Waals surface area contributed by atoms with Gasteiger partial charge >= 0.3 is 0 Å². The molecular weight excluding hydrogens is 260 g/mol. The van der Waals surface area contributed by atoms with Crippen molar-refractivity contribution in [3.8, 4) is 0 Å². The topological polar surface area (TPSA) is 43.1 Å². The van der Waals surface area contributed by atoms with Crippen LogP contribution in [0.3, 0.4) is 0 Å². The summed E-state index contributed by atoms with van der Waals surface area (Å²) in [5.74, 6) is 0. The largest absolute Gasteiger partial charge is 0.254 e. The van der Waals surface area contributed by atoms with Crippen LogP contribution < -0.4 is 0 Å². The van der Waals surface area contributed by atoms with Gasteiger partial charge in [0.2, 0.25) is 0 Å². The number of nitrogens with zero attached hydrogens (tertiary/aromatic N) is 4. The molecule has 0 bridgehead atoms. The number of fused-ring (bicyclic) bond motifs is 8. The summed E-state index contributed by atoms with van der Waals surface area (Å²) in [6.07, 6.45) is 5.51. The summed E-state index contributed by atoms with van der Waals surface area (Å²) in [6.45, 7) is 0. The lowest BCUT2D eigenvalue weighted by molar-refractivity contribution is 0.987. The molecule has 1 aromatic carbocycles. The molecule has 0 saturated carbocycles. The zero-order chi connectivity index (χ0) is 13.8. The molecule has 4 aromatic heterocycles. The Labute approximate surface area is 119 Å². The third-order valence-corrected chi connectivity index (χ3v) is 3.94. The molecule has 4 heteroatoms. The highest BCUT2D eigenvalue weighted by Crippen LogP contribution is 2.31. The SMILES string of the molecule is c1ccc2c(c1)cnc1c2c2cccnc2c2ccnn21. The Bertz CT molecular complexity index is 1140. The van der Waals surface area contributed by atoms with Crippen LogP contribution in [-0.2, 0) is 0 Å². The van der Waals surface area contributed by atoms with Crippen molar-refractivity contribution in [3.05, 3.63) is 61.1 Å². The molecule has 0 N–H and O–H groups in total. The molecule has 0 aliphatic heterocycles. The molecular formula is C17H10N4. The summed E-state index contributed by atoms with van der Waals surface area (Å²) in [7, 11) is 0. The predicted molar refractivity (Wildman–Crippen MR) is 83.3 cm³/mol. The van der Waals surface area contributed by atoms with Crippen LogP contribution in [0.2, 0.25) is 0 Å². The van der Waals surface area contributed by atoms with E-state index in [1.807, 2.05) is 35.1 Å². The molecule has 4 heterocycles. The van der Waals surface area contributed by atoms with Gasteiger partial charge in [-0.1, -0.05) is 30.3 Å². The van der Waals surface area contributed by atoms with Gasteiger partial charge in [0.15, 0.2) is 5.65 Å². The molecule has 0 saturated heterocycles. The van der Waals surface area contributed by atoms with Gasteiger partial charge in [-0.25, -0.2) is 9.50 Å². The molecule has 21 heavy (non-hydrogen) atoms. The first-order valence-corrected chi connectivity index (χ1v) is 6.81. The third kappa shape index (κ3) is 1.31. The van der Waals surface area contributed by atoms with Crippen LogP contribution in [0.1, 0.15) is 0 Å². The molecule has 98 valence electrons. The van der Waals surface area contributed by atoms with Crippen LogP contribution in [-0.4, -0.2) is 19.6 Å². The lowest BCUT2D eigenvalue weighted by atomic mass is 10.0. The summed E-state index contributed by atoms with van der Waals surface area (Å²) < 4.78 is 1.87. The lowest BCUT2D eigenvalue weighted by Gasteiger charge is -2.09. The highest BCUT2D eigenvalue weighted by molar-refractivity contribution is 6.19. The van der Waals surface area contributed by atoms with Gasteiger partial charge < -0.3 is 0 Å². The summed E-state index contributed by atoms with van der Waals surface area (Å²) in [5, 5.41) is 8.94. The number of hydrogen-bond donors (Lipinski definition) is 0. The van der Waals surface area contributed by atoms with E-state index in [0.717, 1.165) is 32.8 Å². The minimum atomic E-state index is 0.870. The molecule has 0 radical (unpaired) electrons. The fraction of sp³-hybridized carbons (Fsp3) is 0. The first kappa shape index (κ1) is 10.7. The van der Waals surface area contributed by atoms with Crippen LogP contribution in [0.25, 0.3) is 38.2 Å². The Kier molecular flexibility index (Phi) is 1.92. The Morgan fingerprint density at radius 1 is 0.810 bits per heavy atom. The maximum atomic E-state index is 4.63. The van der Waals surface area contributed by atoms with Crippen molar-refractivity contribution in [2.45, 2.75) is 0 Å². The number of rotatable bonds is 0. The van der Waals surface area contributed by atoms with Gasteiger partial charge in [-0.3, -0.25) is 4.98 Å². The van der Waals surface area contributed by atoms with Crippen molar-refractivity contribution in [1.29, 1.82) is 0 Å². The second-order valence-electron chi connectivity index (χ2n) is 5.07. The molecule has 0 amide bonds. The Morgan fingerprint density at radius 2 is 1.71 bits per heavy atom. The van der Waals surface area contributed by atoms with Gasteiger partial charge in [0.25, 0.3) is 0 Å². The van der Waals surface area contributed by atoms with Gasteiger partial charge in [0.05, 0.1) is 17.2 Å². The minimum absolute atomic E-state index is 0.870. The Hall–Kier alpha value is -3.01. The molecule has 0 atom stereocenters. The van der Waals surface area contributed by atoms with Crippen molar-refractivity contribution in [2.24, 2.45) is 0 Å². The maximum absolute atomic E-state index is 4.63. The second kappa shape index (κ2) is 3.76. The molecule has 0 unspecified atom stereocenters. The zero-order valence-electron chi connectivity index (χ0n) is 11.1. The Morgan fingerprint density at radius 3 is 2.71 bits per heavy atom. The van der Waals surface area contributed by atoms with Crippen molar-refractivity contribution >= 4 is 38.2 Å². The van der Waals surface area contributed by atoms with E-state index in [4.69, 9.17) is 0 Å².